The average Bonchev–Trinajstić information content (AvgIpc) is 2.78. The van der Waals surface area contributed by atoms with Crippen molar-refractivity contribution in [2.75, 3.05) is 7.11 Å². The molecule has 6 nitrogen and oxygen atoms in total. The largest absolute Gasteiger partial charge is 0.496 e. The number of aliphatic hydroxyl groups excluding tert-OH is 1. The fourth-order valence-corrected chi connectivity index (χ4v) is 4.15. The molecular formula is C25H23Cl2NO5. The number of hydrogen-bond acceptors (Lipinski definition) is 4. The summed E-state index contributed by atoms with van der Waals surface area (Å²) in [6.45, 7) is 1.63. The molecule has 0 saturated heterocycles. The Morgan fingerprint density at radius 1 is 1.00 bits per heavy atom. The van der Waals surface area contributed by atoms with Crippen LogP contribution in [0, 0.1) is 0 Å². The second-order valence-electron chi connectivity index (χ2n) is 7.46. The molecule has 1 unspecified atom stereocenters. The van der Waals surface area contributed by atoms with Gasteiger partial charge in [-0.3, -0.25) is 4.79 Å². The Bertz CT molecular complexity index is 1160. The van der Waals surface area contributed by atoms with E-state index in [0.29, 0.717) is 16.9 Å². The Morgan fingerprint density at radius 3 is 2.27 bits per heavy atom. The van der Waals surface area contributed by atoms with Crippen LogP contribution >= 0.6 is 23.2 Å². The van der Waals surface area contributed by atoms with E-state index in [9.17, 15) is 19.8 Å². The number of carboxylic acids is 1. The van der Waals surface area contributed by atoms with Gasteiger partial charge >= 0.3 is 5.97 Å². The Hall–Kier alpha value is -3.06. The van der Waals surface area contributed by atoms with Gasteiger partial charge in [-0.1, -0.05) is 65.7 Å². The number of carbonyl (C=O) groups is 2. The number of halogens is 2. The van der Waals surface area contributed by atoms with Gasteiger partial charge in [-0.25, -0.2) is 4.79 Å². The topological polar surface area (TPSA) is 95.9 Å². The minimum Gasteiger partial charge on any atom is -0.496 e. The fourth-order valence-electron chi connectivity index (χ4n) is 3.58. The second kappa shape index (κ2) is 10.7. The molecule has 0 aliphatic heterocycles. The Labute approximate surface area is 201 Å². The number of amides is 1. The molecule has 0 aromatic heterocycles. The van der Waals surface area contributed by atoms with Gasteiger partial charge in [0.05, 0.1) is 28.8 Å². The predicted octanol–water partition coefficient (Wildman–Crippen LogP) is 5.15. The van der Waals surface area contributed by atoms with Crippen LogP contribution in [0.1, 0.15) is 34.5 Å². The number of benzene rings is 3. The molecule has 0 fully saturated rings. The standard InChI is InChI=1S/C25H23Cl2NO5/c1-14(29)18-12-15(10-11-16(18)17-6-3-4-9-22(17)33-2)13-21(25(31)32)28-24(30)23-19(26)7-5-8-20(23)27/h3-12,14,21,29H,13H2,1-2H3,(H,28,30)(H,31,32)/t14?,21-/m0/s1. The lowest BCUT2D eigenvalue weighted by Crippen LogP contribution is -2.42. The minimum absolute atomic E-state index is 0.00489. The first kappa shape index (κ1) is 24.6. The summed E-state index contributed by atoms with van der Waals surface area (Å²) in [6.07, 6.45) is -0.820. The van der Waals surface area contributed by atoms with Gasteiger partial charge in [0.25, 0.3) is 5.91 Å². The Balaban J connectivity index is 1.91. The molecular weight excluding hydrogens is 465 g/mol. The number of aliphatic hydroxyl groups is 1. The molecule has 3 aromatic carbocycles. The van der Waals surface area contributed by atoms with E-state index in [1.165, 1.54) is 12.1 Å². The fraction of sp³-hybridized carbons (Fsp3) is 0.200. The SMILES string of the molecule is COc1ccccc1-c1ccc(C[C@H](NC(=O)c2c(Cl)cccc2Cl)C(=O)O)cc1C(C)O. The van der Waals surface area contributed by atoms with Crippen LogP contribution in [0.25, 0.3) is 11.1 Å². The summed E-state index contributed by atoms with van der Waals surface area (Å²) >= 11 is 12.1. The van der Waals surface area contributed by atoms with Crippen molar-refractivity contribution in [1.82, 2.24) is 5.32 Å². The average molecular weight is 488 g/mol. The van der Waals surface area contributed by atoms with E-state index >= 15 is 0 Å². The summed E-state index contributed by atoms with van der Waals surface area (Å²) in [5.41, 5.74) is 2.83. The van der Waals surface area contributed by atoms with Crippen LogP contribution in [0.15, 0.2) is 60.7 Å². The minimum atomic E-state index is -1.23. The highest BCUT2D eigenvalue weighted by Gasteiger charge is 2.24. The zero-order valence-corrected chi connectivity index (χ0v) is 19.5. The van der Waals surface area contributed by atoms with Gasteiger partial charge in [0, 0.05) is 12.0 Å². The van der Waals surface area contributed by atoms with E-state index < -0.39 is 24.0 Å². The van der Waals surface area contributed by atoms with Crippen molar-refractivity contribution in [3.05, 3.63) is 87.4 Å². The van der Waals surface area contributed by atoms with Gasteiger partial charge in [-0.15, -0.1) is 0 Å². The quantitative estimate of drug-likeness (QED) is 0.408. The van der Waals surface area contributed by atoms with E-state index in [0.717, 1.165) is 11.1 Å². The molecule has 0 heterocycles. The van der Waals surface area contributed by atoms with Crippen LogP contribution in [0.5, 0.6) is 5.75 Å². The number of nitrogens with one attached hydrogen (secondary N) is 1. The molecule has 172 valence electrons. The number of para-hydroxylation sites is 1. The van der Waals surface area contributed by atoms with Crippen molar-refractivity contribution < 1.29 is 24.5 Å². The molecule has 1 amide bonds. The van der Waals surface area contributed by atoms with E-state index in [-0.39, 0.29) is 22.0 Å². The normalized spacial score (nSPS) is 12.6. The molecule has 0 spiro atoms. The summed E-state index contributed by atoms with van der Waals surface area (Å²) in [5, 5.41) is 22.8. The number of hydrogen-bond donors (Lipinski definition) is 3. The predicted molar refractivity (Wildman–Crippen MR) is 128 cm³/mol. The monoisotopic (exact) mass is 487 g/mol. The lowest BCUT2D eigenvalue weighted by Gasteiger charge is -2.19. The summed E-state index contributed by atoms with van der Waals surface area (Å²) in [6, 6.07) is 16.1. The summed E-state index contributed by atoms with van der Waals surface area (Å²) in [5.74, 6) is -1.24. The molecule has 0 saturated carbocycles. The zero-order chi connectivity index (χ0) is 24.1. The first-order chi connectivity index (χ1) is 15.7. The van der Waals surface area contributed by atoms with Crippen LogP contribution in [0.3, 0.4) is 0 Å². The van der Waals surface area contributed by atoms with Gasteiger partial charge in [0.15, 0.2) is 0 Å². The molecule has 3 rings (SSSR count). The number of carboxylic acid groups (broad SMARTS) is 1. The third-order valence-electron chi connectivity index (χ3n) is 5.20. The van der Waals surface area contributed by atoms with E-state index in [1.54, 1.807) is 38.3 Å². The third-order valence-corrected chi connectivity index (χ3v) is 5.83. The van der Waals surface area contributed by atoms with E-state index in [4.69, 9.17) is 27.9 Å². The highest BCUT2D eigenvalue weighted by molar-refractivity contribution is 6.39. The van der Waals surface area contributed by atoms with Crippen molar-refractivity contribution in [1.29, 1.82) is 0 Å². The van der Waals surface area contributed by atoms with Crippen molar-refractivity contribution in [3.63, 3.8) is 0 Å². The summed E-state index contributed by atoms with van der Waals surface area (Å²) in [7, 11) is 1.57. The zero-order valence-electron chi connectivity index (χ0n) is 18.0. The van der Waals surface area contributed by atoms with Gasteiger partial charge in [0.1, 0.15) is 11.8 Å². The van der Waals surface area contributed by atoms with Crippen LogP contribution < -0.4 is 10.1 Å². The van der Waals surface area contributed by atoms with Crippen molar-refractivity contribution in [2.45, 2.75) is 25.5 Å². The van der Waals surface area contributed by atoms with Crippen molar-refractivity contribution >= 4 is 35.1 Å². The third kappa shape index (κ3) is 5.66. The van der Waals surface area contributed by atoms with Gasteiger partial charge < -0.3 is 20.3 Å². The molecule has 3 N–H and O–H groups in total. The highest BCUT2D eigenvalue weighted by atomic mass is 35.5. The number of rotatable bonds is 8. The van der Waals surface area contributed by atoms with Crippen LogP contribution in [-0.2, 0) is 11.2 Å². The summed E-state index contributed by atoms with van der Waals surface area (Å²) < 4.78 is 5.44. The molecule has 0 aliphatic rings. The van der Waals surface area contributed by atoms with E-state index in [1.807, 2.05) is 24.3 Å². The molecule has 3 aromatic rings. The van der Waals surface area contributed by atoms with Crippen LogP contribution in [-0.4, -0.2) is 35.2 Å². The van der Waals surface area contributed by atoms with E-state index in [2.05, 4.69) is 5.32 Å². The van der Waals surface area contributed by atoms with Gasteiger partial charge in [-0.05, 0) is 41.8 Å². The molecule has 2 atom stereocenters. The number of methoxy groups -OCH3 is 1. The molecule has 8 heteroatoms. The Morgan fingerprint density at radius 2 is 1.67 bits per heavy atom. The van der Waals surface area contributed by atoms with Crippen molar-refractivity contribution in [3.8, 4) is 16.9 Å². The second-order valence-corrected chi connectivity index (χ2v) is 8.28. The van der Waals surface area contributed by atoms with Gasteiger partial charge in [0.2, 0.25) is 0 Å². The maximum absolute atomic E-state index is 12.7. The molecule has 0 radical (unpaired) electrons. The number of carbonyl (C=O) groups excluding carboxylic acids is 1. The van der Waals surface area contributed by atoms with Crippen molar-refractivity contribution in [2.24, 2.45) is 0 Å². The smallest absolute Gasteiger partial charge is 0.326 e. The Kier molecular flexibility index (Phi) is 7.97. The first-order valence-electron chi connectivity index (χ1n) is 10.1. The maximum atomic E-state index is 12.7. The molecule has 0 bridgehead atoms. The van der Waals surface area contributed by atoms with Crippen LogP contribution in [0.2, 0.25) is 10.0 Å². The van der Waals surface area contributed by atoms with Gasteiger partial charge in [-0.2, -0.15) is 0 Å². The highest BCUT2D eigenvalue weighted by Crippen LogP contribution is 2.35. The summed E-state index contributed by atoms with van der Waals surface area (Å²) in [4.78, 5) is 24.6. The lowest BCUT2D eigenvalue weighted by molar-refractivity contribution is -0.139. The molecule has 0 aliphatic carbocycles. The maximum Gasteiger partial charge on any atom is 0.326 e. The lowest BCUT2D eigenvalue weighted by atomic mass is 9.92. The first-order valence-corrected chi connectivity index (χ1v) is 10.9. The number of aliphatic carboxylic acids is 1. The number of ether oxygens (including phenoxy) is 1. The van der Waals surface area contributed by atoms with Crippen LogP contribution in [0.4, 0.5) is 0 Å². The molecule has 33 heavy (non-hydrogen) atoms.